The van der Waals surface area contributed by atoms with Crippen LogP contribution in [0.4, 0.5) is 0 Å². The van der Waals surface area contributed by atoms with E-state index < -0.39 is 0 Å². The summed E-state index contributed by atoms with van der Waals surface area (Å²) in [5.41, 5.74) is 3.78. The number of hydrogen-bond donors (Lipinski definition) is 0. The highest BCUT2D eigenvalue weighted by Gasteiger charge is 2.21. The molecule has 0 atom stereocenters. The summed E-state index contributed by atoms with van der Waals surface area (Å²) >= 11 is 3.51. The van der Waals surface area contributed by atoms with Gasteiger partial charge in [0.25, 0.3) is 0 Å². The van der Waals surface area contributed by atoms with Crippen LogP contribution in [0.3, 0.4) is 0 Å². The van der Waals surface area contributed by atoms with Crippen LogP contribution in [0.1, 0.15) is 28.0 Å². The number of alkyl halides is 1. The summed E-state index contributed by atoms with van der Waals surface area (Å²) in [5, 5.41) is 4.10. The molecule has 26 heavy (non-hydrogen) atoms. The SMILES string of the molecule is Cc1c(C(=O)c2cccc3ccccc23)c2ccccc2n1CCCBr. The zero-order valence-corrected chi connectivity index (χ0v) is 16.3. The molecule has 4 aromatic rings. The minimum atomic E-state index is 0.105. The molecule has 0 aliphatic heterocycles. The largest absolute Gasteiger partial charge is 0.344 e. The number of para-hydroxylation sites is 1. The minimum Gasteiger partial charge on any atom is -0.344 e. The van der Waals surface area contributed by atoms with Gasteiger partial charge in [-0.2, -0.15) is 0 Å². The summed E-state index contributed by atoms with van der Waals surface area (Å²) in [7, 11) is 0. The van der Waals surface area contributed by atoms with Crippen molar-refractivity contribution in [2.24, 2.45) is 0 Å². The van der Waals surface area contributed by atoms with Crippen LogP contribution in [-0.4, -0.2) is 15.7 Å². The average Bonchev–Trinajstić information content (AvgIpc) is 2.96. The van der Waals surface area contributed by atoms with Crippen LogP contribution in [0, 0.1) is 6.92 Å². The third kappa shape index (κ3) is 2.77. The molecule has 1 aromatic heterocycles. The van der Waals surface area contributed by atoms with Gasteiger partial charge in [-0.05, 0) is 30.2 Å². The van der Waals surface area contributed by atoms with Crippen molar-refractivity contribution in [1.82, 2.24) is 4.57 Å². The zero-order chi connectivity index (χ0) is 18.1. The molecule has 0 unspecified atom stereocenters. The summed E-state index contributed by atoms with van der Waals surface area (Å²) in [6, 6.07) is 22.3. The molecule has 0 amide bonds. The number of ketones is 1. The van der Waals surface area contributed by atoms with E-state index in [1.165, 1.54) is 0 Å². The van der Waals surface area contributed by atoms with Crippen molar-refractivity contribution in [1.29, 1.82) is 0 Å². The molecular weight excluding hydrogens is 386 g/mol. The van der Waals surface area contributed by atoms with Crippen molar-refractivity contribution >= 4 is 43.4 Å². The quantitative estimate of drug-likeness (QED) is 0.289. The number of benzene rings is 3. The van der Waals surface area contributed by atoms with Crippen molar-refractivity contribution in [3.05, 3.63) is 83.6 Å². The van der Waals surface area contributed by atoms with Crippen LogP contribution in [0.25, 0.3) is 21.7 Å². The van der Waals surface area contributed by atoms with E-state index in [1.54, 1.807) is 0 Å². The molecule has 0 bridgehead atoms. The van der Waals surface area contributed by atoms with Crippen LogP contribution >= 0.6 is 15.9 Å². The summed E-state index contributed by atoms with van der Waals surface area (Å²) in [6.07, 6.45) is 1.03. The van der Waals surface area contributed by atoms with Gasteiger partial charge in [-0.15, -0.1) is 0 Å². The van der Waals surface area contributed by atoms with Crippen LogP contribution in [0.5, 0.6) is 0 Å². The first-order valence-electron chi connectivity index (χ1n) is 8.88. The fraction of sp³-hybridized carbons (Fsp3) is 0.174. The van der Waals surface area contributed by atoms with Gasteiger partial charge < -0.3 is 4.57 Å². The number of carbonyl (C=O) groups is 1. The maximum absolute atomic E-state index is 13.6. The Labute approximate surface area is 161 Å². The summed E-state index contributed by atoms with van der Waals surface area (Å²) in [5.74, 6) is 0.105. The van der Waals surface area contributed by atoms with E-state index in [4.69, 9.17) is 0 Å². The highest BCUT2D eigenvalue weighted by Crippen LogP contribution is 2.30. The molecule has 2 nitrogen and oxygen atoms in total. The van der Waals surface area contributed by atoms with E-state index in [0.29, 0.717) is 0 Å². The molecule has 0 radical (unpaired) electrons. The lowest BCUT2D eigenvalue weighted by molar-refractivity contribution is 0.104. The summed E-state index contributed by atoms with van der Waals surface area (Å²) < 4.78 is 2.27. The van der Waals surface area contributed by atoms with Crippen LogP contribution in [0.2, 0.25) is 0 Å². The molecular formula is C23H20BrNO. The molecule has 0 N–H and O–H groups in total. The first-order chi connectivity index (χ1) is 12.7. The Kier molecular flexibility index (Phi) is 4.64. The van der Waals surface area contributed by atoms with E-state index in [9.17, 15) is 4.79 Å². The number of aromatic nitrogens is 1. The van der Waals surface area contributed by atoms with Crippen molar-refractivity contribution < 1.29 is 4.79 Å². The fourth-order valence-electron chi connectivity index (χ4n) is 3.78. The number of fused-ring (bicyclic) bond motifs is 2. The van der Waals surface area contributed by atoms with E-state index in [-0.39, 0.29) is 5.78 Å². The molecule has 0 aliphatic carbocycles. The van der Waals surface area contributed by atoms with Gasteiger partial charge in [0, 0.05) is 34.0 Å². The molecule has 0 fully saturated rings. The number of aryl methyl sites for hydroxylation is 1. The molecule has 130 valence electrons. The monoisotopic (exact) mass is 405 g/mol. The maximum atomic E-state index is 13.6. The molecule has 0 spiro atoms. The van der Waals surface area contributed by atoms with Gasteiger partial charge in [-0.25, -0.2) is 0 Å². The maximum Gasteiger partial charge on any atom is 0.196 e. The van der Waals surface area contributed by atoms with Crippen molar-refractivity contribution in [3.63, 3.8) is 0 Å². The average molecular weight is 406 g/mol. The Morgan fingerprint density at radius 2 is 1.62 bits per heavy atom. The lowest BCUT2D eigenvalue weighted by Crippen LogP contribution is -2.06. The van der Waals surface area contributed by atoms with Gasteiger partial charge in [0.1, 0.15) is 0 Å². The molecule has 0 saturated carbocycles. The molecule has 1 heterocycles. The second-order valence-electron chi connectivity index (χ2n) is 6.53. The fourth-order valence-corrected chi connectivity index (χ4v) is 4.03. The summed E-state index contributed by atoms with van der Waals surface area (Å²) in [6.45, 7) is 2.97. The molecule has 3 aromatic carbocycles. The predicted molar refractivity (Wildman–Crippen MR) is 112 cm³/mol. The number of hydrogen-bond acceptors (Lipinski definition) is 1. The molecule has 0 saturated heterocycles. The Hall–Kier alpha value is -2.39. The zero-order valence-electron chi connectivity index (χ0n) is 14.7. The van der Waals surface area contributed by atoms with Gasteiger partial charge in [0.2, 0.25) is 0 Å². The second-order valence-corrected chi connectivity index (χ2v) is 7.32. The lowest BCUT2D eigenvalue weighted by Gasteiger charge is -2.08. The van der Waals surface area contributed by atoms with Crippen molar-refractivity contribution in [2.45, 2.75) is 19.9 Å². The van der Waals surface area contributed by atoms with E-state index >= 15 is 0 Å². The third-order valence-corrected chi connectivity index (χ3v) is 5.57. The smallest absolute Gasteiger partial charge is 0.196 e. The number of nitrogens with zero attached hydrogens (tertiary/aromatic N) is 1. The van der Waals surface area contributed by atoms with Gasteiger partial charge in [-0.1, -0.05) is 76.6 Å². The van der Waals surface area contributed by atoms with Gasteiger partial charge in [-0.3, -0.25) is 4.79 Å². The second kappa shape index (κ2) is 7.08. The summed E-state index contributed by atoms with van der Waals surface area (Å²) in [4.78, 5) is 13.6. The Bertz CT molecular complexity index is 1100. The van der Waals surface area contributed by atoms with Gasteiger partial charge in [0.05, 0.1) is 5.56 Å². The normalized spacial score (nSPS) is 11.3. The lowest BCUT2D eigenvalue weighted by atomic mass is 9.95. The Balaban J connectivity index is 1.94. The number of carbonyl (C=O) groups excluding carboxylic acids is 1. The first-order valence-corrected chi connectivity index (χ1v) is 10.0. The molecule has 0 aliphatic rings. The van der Waals surface area contributed by atoms with Crippen LogP contribution < -0.4 is 0 Å². The standard InChI is InChI=1S/C23H20BrNO/c1-16-22(20-11-4-5-13-21(20)25(16)15-7-14-24)23(26)19-12-6-9-17-8-2-3-10-18(17)19/h2-6,8-13H,7,14-15H2,1H3. The molecule has 4 rings (SSSR count). The highest BCUT2D eigenvalue weighted by atomic mass is 79.9. The van der Waals surface area contributed by atoms with Crippen molar-refractivity contribution in [2.75, 3.05) is 5.33 Å². The van der Waals surface area contributed by atoms with Gasteiger partial charge >= 0.3 is 0 Å². The van der Waals surface area contributed by atoms with E-state index in [2.05, 4.69) is 51.7 Å². The topological polar surface area (TPSA) is 22.0 Å². The minimum absolute atomic E-state index is 0.105. The van der Waals surface area contributed by atoms with E-state index in [1.807, 2.05) is 42.5 Å². The third-order valence-electron chi connectivity index (χ3n) is 5.01. The number of halogens is 1. The highest BCUT2D eigenvalue weighted by molar-refractivity contribution is 9.09. The Morgan fingerprint density at radius 1 is 0.923 bits per heavy atom. The van der Waals surface area contributed by atoms with Crippen molar-refractivity contribution in [3.8, 4) is 0 Å². The predicted octanol–water partition coefficient (Wildman–Crippen LogP) is 6.12. The number of rotatable bonds is 5. The van der Waals surface area contributed by atoms with Crippen LogP contribution in [-0.2, 0) is 6.54 Å². The van der Waals surface area contributed by atoms with E-state index in [0.717, 1.165) is 56.8 Å². The molecule has 3 heteroatoms. The van der Waals surface area contributed by atoms with Gasteiger partial charge in [0.15, 0.2) is 5.78 Å². The van der Waals surface area contributed by atoms with Crippen LogP contribution in [0.15, 0.2) is 66.7 Å². The Morgan fingerprint density at radius 3 is 2.42 bits per heavy atom. The first kappa shape index (κ1) is 17.0.